The number of aryl methyl sites for hydroxylation is 1. The van der Waals surface area contributed by atoms with Gasteiger partial charge in [-0.1, -0.05) is 79.2 Å². The molecule has 0 saturated heterocycles. The largest absolute Gasteiger partial charge is 0.288 e. The summed E-state index contributed by atoms with van der Waals surface area (Å²) >= 11 is 0. The van der Waals surface area contributed by atoms with Gasteiger partial charge in [-0.15, -0.1) is 0 Å². The van der Waals surface area contributed by atoms with Crippen molar-refractivity contribution in [3.8, 4) is 0 Å². The van der Waals surface area contributed by atoms with Crippen molar-refractivity contribution in [2.75, 3.05) is 0 Å². The number of rotatable bonds is 6. The van der Waals surface area contributed by atoms with Crippen molar-refractivity contribution in [2.24, 2.45) is 4.76 Å². The number of hydrogen-bond donors (Lipinski definition) is 0. The number of allylic oxidation sites excluding steroid dienone is 1. The maximum Gasteiger partial charge on any atom is 0.247 e. The summed E-state index contributed by atoms with van der Waals surface area (Å²) in [5, 5.41) is 1.51. The summed E-state index contributed by atoms with van der Waals surface area (Å²) in [6.07, 6.45) is 4.72. The molecule has 3 heteroatoms. The Balaban J connectivity index is 2.03. The molecule has 0 spiro atoms. The standard InChI is InChI=1S/C24H24NOP/c1-3-22(19-18-21-16-14-20(2)15-17-21)25-27(26,23-10-6-4-7-11-23)24-12-8-5-9-13-24/h4-19H,3H2,1-2H3/b19-18+,25-22+. The Morgan fingerprint density at radius 3 is 1.85 bits per heavy atom. The molecule has 0 fully saturated rings. The van der Waals surface area contributed by atoms with Crippen molar-refractivity contribution in [1.29, 1.82) is 0 Å². The van der Waals surface area contributed by atoms with E-state index < -0.39 is 7.29 Å². The van der Waals surface area contributed by atoms with Crippen LogP contribution in [0.15, 0.2) is 95.8 Å². The molecule has 0 saturated carbocycles. The van der Waals surface area contributed by atoms with Crippen molar-refractivity contribution in [3.05, 3.63) is 102 Å². The highest BCUT2D eigenvalue weighted by Gasteiger charge is 2.26. The molecule has 27 heavy (non-hydrogen) atoms. The normalized spacial score (nSPS) is 12.4. The van der Waals surface area contributed by atoms with Crippen LogP contribution in [-0.2, 0) is 4.57 Å². The van der Waals surface area contributed by atoms with Crippen LogP contribution in [-0.4, -0.2) is 5.71 Å². The van der Waals surface area contributed by atoms with Crippen LogP contribution < -0.4 is 10.6 Å². The Bertz CT molecular complexity index is 930. The molecule has 0 aliphatic carbocycles. The quantitative estimate of drug-likeness (QED) is 0.397. The van der Waals surface area contributed by atoms with E-state index >= 15 is 0 Å². The average molecular weight is 373 g/mol. The van der Waals surface area contributed by atoms with Gasteiger partial charge in [-0.2, -0.15) is 0 Å². The lowest BCUT2D eigenvalue weighted by Gasteiger charge is -2.15. The highest BCUT2D eigenvalue weighted by Crippen LogP contribution is 2.45. The molecule has 0 heterocycles. The van der Waals surface area contributed by atoms with Crippen molar-refractivity contribution in [3.63, 3.8) is 0 Å². The first kappa shape index (κ1) is 19.1. The van der Waals surface area contributed by atoms with Gasteiger partial charge in [0, 0.05) is 16.3 Å². The number of hydrogen-bond acceptors (Lipinski definition) is 1. The van der Waals surface area contributed by atoms with E-state index in [9.17, 15) is 4.57 Å². The van der Waals surface area contributed by atoms with Gasteiger partial charge in [-0.05, 0) is 49.2 Å². The first-order valence-electron chi connectivity index (χ1n) is 9.17. The van der Waals surface area contributed by atoms with E-state index in [0.29, 0.717) is 6.42 Å². The molecule has 0 bridgehead atoms. The van der Waals surface area contributed by atoms with E-state index in [1.54, 1.807) is 0 Å². The monoisotopic (exact) mass is 373 g/mol. The molecule has 3 aromatic carbocycles. The van der Waals surface area contributed by atoms with Gasteiger partial charge in [0.15, 0.2) is 0 Å². The topological polar surface area (TPSA) is 29.4 Å². The summed E-state index contributed by atoms with van der Waals surface area (Å²) in [5.74, 6) is 0. The lowest BCUT2D eigenvalue weighted by atomic mass is 10.1. The predicted octanol–water partition coefficient (Wildman–Crippen LogP) is 5.79. The molecule has 0 N–H and O–H groups in total. The van der Waals surface area contributed by atoms with Gasteiger partial charge >= 0.3 is 0 Å². The lowest BCUT2D eigenvalue weighted by Crippen LogP contribution is -2.15. The summed E-state index contributed by atoms with van der Waals surface area (Å²) in [7, 11) is -3.09. The molecule has 0 aliphatic heterocycles. The smallest absolute Gasteiger partial charge is 0.247 e. The first-order chi connectivity index (χ1) is 13.1. The fourth-order valence-electron chi connectivity index (χ4n) is 2.80. The van der Waals surface area contributed by atoms with Gasteiger partial charge in [0.25, 0.3) is 0 Å². The van der Waals surface area contributed by atoms with Gasteiger partial charge in [-0.25, -0.2) is 4.76 Å². The van der Waals surface area contributed by atoms with Gasteiger partial charge in [-0.3, -0.25) is 4.57 Å². The van der Waals surface area contributed by atoms with Crippen LogP contribution in [0.5, 0.6) is 0 Å². The maximum atomic E-state index is 14.0. The molecule has 0 atom stereocenters. The Labute approximate surface area is 161 Å². The van der Waals surface area contributed by atoms with E-state index in [1.165, 1.54) is 5.56 Å². The van der Waals surface area contributed by atoms with Gasteiger partial charge in [0.05, 0.1) is 0 Å². The van der Waals surface area contributed by atoms with Crippen molar-refractivity contribution < 1.29 is 4.57 Å². The fraction of sp³-hybridized carbons (Fsp3) is 0.125. The summed E-state index contributed by atoms with van der Waals surface area (Å²) in [5.41, 5.74) is 3.16. The van der Waals surface area contributed by atoms with E-state index in [1.807, 2.05) is 79.7 Å². The molecular weight excluding hydrogens is 349 g/mol. The highest BCUT2D eigenvalue weighted by atomic mass is 31.2. The number of nitrogens with zero attached hydrogens (tertiary/aromatic N) is 1. The average Bonchev–Trinajstić information content (AvgIpc) is 2.73. The molecule has 0 aliphatic rings. The van der Waals surface area contributed by atoms with E-state index in [0.717, 1.165) is 21.9 Å². The van der Waals surface area contributed by atoms with Crippen molar-refractivity contribution in [2.45, 2.75) is 20.3 Å². The Morgan fingerprint density at radius 1 is 0.852 bits per heavy atom. The van der Waals surface area contributed by atoms with Crippen LogP contribution in [0.1, 0.15) is 24.5 Å². The molecule has 3 rings (SSSR count). The Kier molecular flexibility index (Phi) is 6.21. The summed E-state index contributed by atoms with van der Waals surface area (Å²) in [4.78, 5) is 0. The fourth-order valence-corrected chi connectivity index (χ4v) is 5.05. The van der Waals surface area contributed by atoms with Gasteiger partial charge in [0.1, 0.15) is 0 Å². The SMILES string of the molecule is CCC(/C=C/c1ccc(C)cc1)=N\P(=O)(c1ccccc1)c1ccccc1. The zero-order valence-corrected chi connectivity index (χ0v) is 16.6. The van der Waals surface area contributed by atoms with Crippen LogP contribution in [0.25, 0.3) is 6.08 Å². The maximum absolute atomic E-state index is 14.0. The second-order valence-corrected chi connectivity index (χ2v) is 8.82. The lowest BCUT2D eigenvalue weighted by molar-refractivity contribution is 0.588. The van der Waals surface area contributed by atoms with Crippen molar-refractivity contribution in [1.82, 2.24) is 0 Å². The van der Waals surface area contributed by atoms with Crippen LogP contribution in [0.4, 0.5) is 0 Å². The second-order valence-electron chi connectivity index (χ2n) is 6.44. The molecule has 2 nitrogen and oxygen atoms in total. The molecule has 0 unspecified atom stereocenters. The minimum atomic E-state index is -3.09. The van der Waals surface area contributed by atoms with Crippen molar-refractivity contribution >= 4 is 29.7 Å². The molecule has 0 aromatic heterocycles. The van der Waals surface area contributed by atoms with Crippen LogP contribution in [0, 0.1) is 6.92 Å². The third-order valence-electron chi connectivity index (χ3n) is 4.39. The third kappa shape index (κ3) is 4.72. The zero-order chi connectivity index (χ0) is 19.1. The highest BCUT2D eigenvalue weighted by molar-refractivity contribution is 7.77. The van der Waals surface area contributed by atoms with Crippen LogP contribution in [0.2, 0.25) is 0 Å². The second kappa shape index (κ2) is 8.79. The minimum Gasteiger partial charge on any atom is -0.288 e. The predicted molar refractivity (Wildman–Crippen MR) is 118 cm³/mol. The molecule has 3 aromatic rings. The summed E-state index contributed by atoms with van der Waals surface area (Å²) in [6, 6.07) is 27.4. The molecule has 0 radical (unpaired) electrons. The molecule has 136 valence electrons. The Morgan fingerprint density at radius 2 is 1.37 bits per heavy atom. The molecule has 0 amide bonds. The third-order valence-corrected chi connectivity index (χ3v) is 6.92. The number of benzene rings is 3. The van der Waals surface area contributed by atoms with E-state index in [-0.39, 0.29) is 0 Å². The summed E-state index contributed by atoms with van der Waals surface area (Å²) < 4.78 is 18.8. The molecular formula is C24H24NOP. The first-order valence-corrected chi connectivity index (χ1v) is 10.8. The van der Waals surface area contributed by atoms with E-state index in [2.05, 4.69) is 31.2 Å². The zero-order valence-electron chi connectivity index (χ0n) is 15.7. The van der Waals surface area contributed by atoms with Crippen LogP contribution >= 0.6 is 7.29 Å². The van der Waals surface area contributed by atoms with E-state index in [4.69, 9.17) is 4.76 Å². The van der Waals surface area contributed by atoms with Gasteiger partial charge in [0.2, 0.25) is 7.29 Å². The Hall–Kier alpha value is -2.70. The minimum absolute atomic E-state index is 0.714. The summed E-state index contributed by atoms with van der Waals surface area (Å²) in [6.45, 7) is 4.11. The van der Waals surface area contributed by atoms with Crippen LogP contribution in [0.3, 0.4) is 0 Å². The van der Waals surface area contributed by atoms with Gasteiger partial charge < -0.3 is 0 Å².